The van der Waals surface area contributed by atoms with Gasteiger partial charge in [0.25, 0.3) is 0 Å². The number of hydrogen-bond acceptors (Lipinski definition) is 1. The maximum absolute atomic E-state index is 14.1. The van der Waals surface area contributed by atoms with Crippen LogP contribution in [0.3, 0.4) is 0 Å². The minimum atomic E-state index is -0.265. The van der Waals surface area contributed by atoms with Crippen LogP contribution in [0.15, 0.2) is 18.2 Å². The molecule has 1 heterocycles. The molecule has 21 heavy (non-hydrogen) atoms. The molecule has 2 atom stereocenters. The zero-order chi connectivity index (χ0) is 15.2. The van der Waals surface area contributed by atoms with E-state index in [1.54, 1.807) is 6.07 Å². The van der Waals surface area contributed by atoms with Crippen molar-refractivity contribution in [2.24, 2.45) is 5.41 Å². The first-order valence-corrected chi connectivity index (χ1v) is 8.16. The van der Waals surface area contributed by atoms with Crippen LogP contribution in [0.4, 0.5) is 4.39 Å². The van der Waals surface area contributed by atoms with Gasteiger partial charge in [0.15, 0.2) is 5.82 Å². The second-order valence-corrected chi connectivity index (χ2v) is 7.47. The number of halogens is 2. The number of rotatable bonds is 2. The topological polar surface area (TPSA) is 17.8 Å². The first-order chi connectivity index (χ1) is 9.92. The molecule has 4 heteroatoms. The first-order valence-electron chi connectivity index (χ1n) is 7.72. The van der Waals surface area contributed by atoms with Gasteiger partial charge in [0.05, 0.1) is 10.9 Å². The largest absolute Gasteiger partial charge is 0.323 e. The van der Waals surface area contributed by atoms with Crippen LogP contribution >= 0.6 is 11.6 Å². The molecule has 1 aliphatic rings. The molecule has 0 bridgehead atoms. The van der Waals surface area contributed by atoms with Crippen LogP contribution in [0.2, 0.25) is 0 Å². The Bertz CT molecular complexity index is 660. The lowest BCUT2D eigenvalue weighted by Crippen LogP contribution is -2.31. The summed E-state index contributed by atoms with van der Waals surface area (Å²) in [6.07, 6.45) is 4.75. The Balaban J connectivity index is 2.24. The van der Waals surface area contributed by atoms with Crippen molar-refractivity contribution in [1.82, 2.24) is 9.55 Å². The molecular weight excluding hydrogens is 287 g/mol. The standard InChI is InChI=1S/C17H22ClFN2/c1-11(18)16-20-15-12(19)7-6-8-13(15)21(16)14-9-4-5-10-17(14,2)3/h6-8,11,14H,4-5,9-10H2,1-3H3. The Kier molecular flexibility index (Phi) is 3.73. The Labute approximate surface area is 130 Å². The number of hydrogen-bond donors (Lipinski definition) is 0. The van der Waals surface area contributed by atoms with Gasteiger partial charge in [0, 0.05) is 6.04 Å². The van der Waals surface area contributed by atoms with Gasteiger partial charge in [-0.25, -0.2) is 9.37 Å². The highest BCUT2D eigenvalue weighted by atomic mass is 35.5. The van der Waals surface area contributed by atoms with Gasteiger partial charge in [-0.15, -0.1) is 11.6 Å². The van der Waals surface area contributed by atoms with Crippen molar-refractivity contribution in [3.63, 3.8) is 0 Å². The predicted molar refractivity (Wildman–Crippen MR) is 85.2 cm³/mol. The minimum Gasteiger partial charge on any atom is -0.323 e. The summed E-state index contributed by atoms with van der Waals surface area (Å²) in [6, 6.07) is 5.51. The Hall–Kier alpha value is -1.09. The number of fused-ring (bicyclic) bond motifs is 1. The van der Waals surface area contributed by atoms with Crippen molar-refractivity contribution >= 4 is 22.6 Å². The highest BCUT2D eigenvalue weighted by Gasteiger charge is 2.36. The normalized spacial score (nSPS) is 23.4. The molecule has 1 aromatic carbocycles. The van der Waals surface area contributed by atoms with E-state index in [1.807, 2.05) is 13.0 Å². The molecule has 1 saturated carbocycles. The van der Waals surface area contributed by atoms with Crippen LogP contribution in [-0.2, 0) is 0 Å². The third-order valence-corrected chi connectivity index (χ3v) is 5.01. The maximum atomic E-state index is 14.1. The zero-order valence-electron chi connectivity index (χ0n) is 12.9. The van der Waals surface area contributed by atoms with Crippen LogP contribution in [-0.4, -0.2) is 9.55 Å². The molecule has 2 nitrogen and oxygen atoms in total. The second-order valence-electron chi connectivity index (χ2n) is 6.81. The Morgan fingerprint density at radius 1 is 1.38 bits per heavy atom. The summed E-state index contributed by atoms with van der Waals surface area (Å²) < 4.78 is 16.3. The van der Waals surface area contributed by atoms with Crippen molar-refractivity contribution in [2.45, 2.75) is 57.9 Å². The van der Waals surface area contributed by atoms with Crippen molar-refractivity contribution < 1.29 is 4.39 Å². The maximum Gasteiger partial charge on any atom is 0.151 e. The number of alkyl halides is 1. The molecule has 1 fully saturated rings. The van der Waals surface area contributed by atoms with Crippen molar-refractivity contribution in [2.75, 3.05) is 0 Å². The smallest absolute Gasteiger partial charge is 0.151 e. The highest BCUT2D eigenvalue weighted by molar-refractivity contribution is 6.20. The zero-order valence-corrected chi connectivity index (χ0v) is 13.6. The SMILES string of the molecule is CC(Cl)c1nc2c(F)cccc2n1C1CCCCC1(C)C. The van der Waals surface area contributed by atoms with Gasteiger partial charge in [-0.2, -0.15) is 0 Å². The van der Waals surface area contributed by atoms with Crippen LogP contribution in [0, 0.1) is 11.2 Å². The lowest BCUT2D eigenvalue weighted by atomic mass is 9.73. The fourth-order valence-electron chi connectivity index (χ4n) is 3.66. The number of para-hydroxylation sites is 1. The summed E-state index contributed by atoms with van der Waals surface area (Å²) in [4.78, 5) is 4.51. The van der Waals surface area contributed by atoms with Crippen LogP contribution in [0.25, 0.3) is 11.0 Å². The van der Waals surface area contributed by atoms with Gasteiger partial charge in [0.1, 0.15) is 11.3 Å². The van der Waals surface area contributed by atoms with Crippen molar-refractivity contribution in [1.29, 1.82) is 0 Å². The van der Waals surface area contributed by atoms with E-state index in [-0.39, 0.29) is 16.6 Å². The van der Waals surface area contributed by atoms with Gasteiger partial charge in [-0.1, -0.05) is 32.8 Å². The number of imidazole rings is 1. The first kappa shape index (κ1) is 14.8. The lowest BCUT2D eigenvalue weighted by Gasteiger charge is -2.40. The highest BCUT2D eigenvalue weighted by Crippen LogP contribution is 2.46. The van der Waals surface area contributed by atoms with Crippen LogP contribution < -0.4 is 0 Å². The average Bonchev–Trinajstić information content (AvgIpc) is 2.79. The van der Waals surface area contributed by atoms with E-state index in [0.29, 0.717) is 11.6 Å². The second kappa shape index (κ2) is 5.28. The van der Waals surface area contributed by atoms with E-state index in [2.05, 4.69) is 23.4 Å². The third kappa shape index (κ3) is 2.46. The Morgan fingerprint density at radius 2 is 2.14 bits per heavy atom. The number of nitrogens with zero attached hydrogens (tertiary/aromatic N) is 2. The molecule has 0 spiro atoms. The fraction of sp³-hybridized carbons (Fsp3) is 0.588. The summed E-state index contributed by atoms with van der Waals surface area (Å²) in [7, 11) is 0. The Morgan fingerprint density at radius 3 is 2.81 bits per heavy atom. The number of benzene rings is 1. The van der Waals surface area contributed by atoms with Gasteiger partial charge in [0.2, 0.25) is 0 Å². The van der Waals surface area contributed by atoms with E-state index >= 15 is 0 Å². The quantitative estimate of drug-likeness (QED) is 0.659. The van der Waals surface area contributed by atoms with E-state index in [1.165, 1.54) is 25.3 Å². The van der Waals surface area contributed by atoms with E-state index in [9.17, 15) is 4.39 Å². The molecule has 0 saturated heterocycles. The molecule has 2 aromatic rings. The van der Waals surface area contributed by atoms with Gasteiger partial charge in [-0.3, -0.25) is 0 Å². The van der Waals surface area contributed by atoms with Gasteiger partial charge >= 0.3 is 0 Å². The summed E-state index contributed by atoms with van der Waals surface area (Å²) >= 11 is 6.34. The monoisotopic (exact) mass is 308 g/mol. The summed E-state index contributed by atoms with van der Waals surface area (Å²) in [5.41, 5.74) is 1.50. The lowest BCUT2D eigenvalue weighted by molar-refractivity contribution is 0.145. The van der Waals surface area contributed by atoms with E-state index < -0.39 is 0 Å². The van der Waals surface area contributed by atoms with Crippen molar-refractivity contribution in [3.05, 3.63) is 29.8 Å². The molecule has 3 rings (SSSR count). The molecule has 0 radical (unpaired) electrons. The van der Waals surface area contributed by atoms with Crippen LogP contribution in [0.1, 0.15) is 63.7 Å². The van der Waals surface area contributed by atoms with Gasteiger partial charge in [-0.05, 0) is 37.3 Å². The molecule has 1 aliphatic carbocycles. The minimum absolute atomic E-state index is 0.179. The predicted octanol–water partition coefficient (Wildman–Crippen LogP) is 5.62. The average molecular weight is 309 g/mol. The summed E-state index contributed by atoms with van der Waals surface area (Å²) in [5.74, 6) is 0.523. The molecule has 2 unspecified atom stereocenters. The summed E-state index contributed by atoms with van der Waals surface area (Å²) in [6.45, 7) is 6.50. The van der Waals surface area contributed by atoms with E-state index in [0.717, 1.165) is 17.8 Å². The number of aromatic nitrogens is 2. The van der Waals surface area contributed by atoms with Crippen LogP contribution in [0.5, 0.6) is 0 Å². The molecule has 0 amide bonds. The molecule has 0 N–H and O–H groups in total. The fourth-order valence-corrected chi connectivity index (χ4v) is 3.82. The molecule has 1 aromatic heterocycles. The summed E-state index contributed by atoms with van der Waals surface area (Å²) in [5, 5.41) is -0.227. The van der Waals surface area contributed by atoms with Crippen molar-refractivity contribution in [3.8, 4) is 0 Å². The van der Waals surface area contributed by atoms with E-state index in [4.69, 9.17) is 11.6 Å². The molecule has 114 valence electrons. The van der Waals surface area contributed by atoms with Gasteiger partial charge < -0.3 is 4.57 Å². The molecular formula is C17H22ClFN2. The third-order valence-electron chi connectivity index (χ3n) is 4.82. The molecule has 0 aliphatic heterocycles.